The summed E-state index contributed by atoms with van der Waals surface area (Å²) >= 11 is 0. The summed E-state index contributed by atoms with van der Waals surface area (Å²) in [5.74, 6) is 0.709. The Morgan fingerprint density at radius 2 is 2.12 bits per heavy atom. The average molecular weight is 217 g/mol. The quantitative estimate of drug-likeness (QED) is 0.773. The monoisotopic (exact) mass is 217 g/mol. The first-order chi connectivity index (χ1) is 7.81. The smallest absolute Gasteiger partial charge is 0.137 e. The van der Waals surface area contributed by atoms with Crippen LogP contribution in [-0.2, 0) is 4.79 Å². The van der Waals surface area contributed by atoms with Crippen LogP contribution in [0.3, 0.4) is 0 Å². The number of nitrogens with zero attached hydrogens (tertiary/aromatic N) is 1. The third-order valence-corrected chi connectivity index (χ3v) is 3.26. The van der Waals surface area contributed by atoms with Gasteiger partial charge in [-0.05, 0) is 25.0 Å². The highest BCUT2D eigenvalue weighted by Gasteiger charge is 2.27. The molecule has 1 saturated heterocycles. The predicted octanol–water partition coefficient (Wildman–Crippen LogP) is 2.88. The molecule has 0 saturated carbocycles. The number of anilines is 1. The van der Waals surface area contributed by atoms with Crippen molar-refractivity contribution in [1.29, 1.82) is 0 Å². The van der Waals surface area contributed by atoms with Crippen molar-refractivity contribution in [3.8, 4) is 0 Å². The number of benzene rings is 1. The second-order valence-corrected chi connectivity index (χ2v) is 4.48. The van der Waals surface area contributed by atoms with E-state index in [0.29, 0.717) is 5.78 Å². The summed E-state index contributed by atoms with van der Waals surface area (Å²) in [6, 6.07) is 10.4. The summed E-state index contributed by atoms with van der Waals surface area (Å²) in [5, 5.41) is 0. The number of hydrogen-bond acceptors (Lipinski definition) is 2. The molecule has 2 nitrogen and oxygen atoms in total. The van der Waals surface area contributed by atoms with E-state index in [1.54, 1.807) is 0 Å². The second kappa shape index (κ2) is 5.15. The van der Waals surface area contributed by atoms with E-state index in [4.69, 9.17) is 0 Å². The summed E-state index contributed by atoms with van der Waals surface area (Å²) in [5.41, 5.74) is 1.24. The van der Waals surface area contributed by atoms with Crippen molar-refractivity contribution in [2.75, 3.05) is 18.0 Å². The molecule has 2 heteroatoms. The molecule has 1 aromatic carbocycles. The van der Waals surface area contributed by atoms with Crippen LogP contribution in [-0.4, -0.2) is 18.9 Å². The molecule has 2 rings (SSSR count). The highest BCUT2D eigenvalue weighted by atomic mass is 16.1. The molecule has 16 heavy (non-hydrogen) atoms. The lowest BCUT2D eigenvalue weighted by molar-refractivity contribution is -0.122. The van der Waals surface area contributed by atoms with Gasteiger partial charge < -0.3 is 4.90 Å². The van der Waals surface area contributed by atoms with E-state index in [1.807, 2.05) is 6.07 Å². The van der Waals surface area contributed by atoms with E-state index in [0.717, 1.165) is 32.4 Å². The van der Waals surface area contributed by atoms with Gasteiger partial charge in [0.1, 0.15) is 5.78 Å². The van der Waals surface area contributed by atoms with Crippen molar-refractivity contribution in [2.45, 2.75) is 26.2 Å². The maximum absolute atomic E-state index is 11.8. The fraction of sp³-hybridized carbons (Fsp3) is 0.500. The summed E-state index contributed by atoms with van der Waals surface area (Å²) in [7, 11) is 0. The lowest BCUT2D eigenvalue weighted by Gasteiger charge is -2.18. The number of Topliss-reactive ketones (excluding diaryl/α,β-unsaturated/α-hetero) is 1. The first-order valence-corrected chi connectivity index (χ1v) is 6.14. The van der Waals surface area contributed by atoms with Crippen LogP contribution in [0.15, 0.2) is 30.3 Å². The van der Waals surface area contributed by atoms with Crippen LogP contribution < -0.4 is 4.90 Å². The molecule has 86 valence electrons. The Bertz CT molecular complexity index is 347. The largest absolute Gasteiger partial charge is 0.371 e. The fourth-order valence-electron chi connectivity index (χ4n) is 2.35. The maximum Gasteiger partial charge on any atom is 0.137 e. The predicted molar refractivity (Wildman–Crippen MR) is 66.7 cm³/mol. The number of ketones is 1. The molecular formula is C14H19NO. The van der Waals surface area contributed by atoms with Gasteiger partial charge in [-0.15, -0.1) is 0 Å². The number of para-hydroxylation sites is 1. The summed E-state index contributed by atoms with van der Waals surface area (Å²) in [6.45, 7) is 3.99. The lowest BCUT2D eigenvalue weighted by atomic mass is 10.00. The van der Waals surface area contributed by atoms with Crippen molar-refractivity contribution < 1.29 is 4.79 Å². The molecule has 1 heterocycles. The molecule has 0 spiro atoms. The first-order valence-electron chi connectivity index (χ1n) is 6.14. The van der Waals surface area contributed by atoms with Gasteiger partial charge in [0.25, 0.3) is 0 Å². The molecule has 1 unspecified atom stereocenters. The zero-order chi connectivity index (χ0) is 11.4. The van der Waals surface area contributed by atoms with Crippen LogP contribution in [0.5, 0.6) is 0 Å². The first kappa shape index (κ1) is 11.2. The Balaban J connectivity index is 1.96. The van der Waals surface area contributed by atoms with Crippen molar-refractivity contribution in [3.05, 3.63) is 30.3 Å². The Kier molecular flexibility index (Phi) is 3.60. The zero-order valence-corrected chi connectivity index (χ0v) is 9.86. The maximum atomic E-state index is 11.8. The topological polar surface area (TPSA) is 20.3 Å². The van der Waals surface area contributed by atoms with Crippen LogP contribution in [0, 0.1) is 5.92 Å². The van der Waals surface area contributed by atoms with Gasteiger partial charge in [-0.1, -0.05) is 25.1 Å². The highest BCUT2D eigenvalue weighted by Crippen LogP contribution is 2.24. The van der Waals surface area contributed by atoms with Crippen molar-refractivity contribution in [3.63, 3.8) is 0 Å². The Morgan fingerprint density at radius 3 is 2.81 bits per heavy atom. The van der Waals surface area contributed by atoms with Gasteiger partial charge in [-0.3, -0.25) is 4.79 Å². The van der Waals surface area contributed by atoms with Crippen LogP contribution in [0.2, 0.25) is 0 Å². The molecular weight excluding hydrogens is 198 g/mol. The number of rotatable bonds is 4. The minimum atomic E-state index is 0.264. The van der Waals surface area contributed by atoms with Gasteiger partial charge in [0.05, 0.1) is 0 Å². The van der Waals surface area contributed by atoms with Crippen molar-refractivity contribution >= 4 is 11.5 Å². The molecule has 0 aromatic heterocycles. The lowest BCUT2D eigenvalue weighted by Crippen LogP contribution is -2.22. The van der Waals surface area contributed by atoms with E-state index < -0.39 is 0 Å². The van der Waals surface area contributed by atoms with Crippen LogP contribution >= 0.6 is 0 Å². The minimum absolute atomic E-state index is 0.264. The Hall–Kier alpha value is -1.31. The van der Waals surface area contributed by atoms with Gasteiger partial charge in [-0.2, -0.15) is 0 Å². The van der Waals surface area contributed by atoms with Gasteiger partial charge >= 0.3 is 0 Å². The number of hydrogen-bond donors (Lipinski definition) is 0. The second-order valence-electron chi connectivity index (χ2n) is 4.48. The van der Waals surface area contributed by atoms with Gasteiger partial charge in [0.2, 0.25) is 0 Å². The van der Waals surface area contributed by atoms with Crippen molar-refractivity contribution in [2.24, 2.45) is 5.92 Å². The third kappa shape index (κ3) is 2.43. The van der Waals surface area contributed by atoms with Gasteiger partial charge in [-0.25, -0.2) is 0 Å². The minimum Gasteiger partial charge on any atom is -0.371 e. The summed E-state index contributed by atoms with van der Waals surface area (Å²) < 4.78 is 0. The van der Waals surface area contributed by atoms with Gasteiger partial charge in [0.15, 0.2) is 0 Å². The highest BCUT2D eigenvalue weighted by molar-refractivity contribution is 5.82. The van der Waals surface area contributed by atoms with Crippen LogP contribution in [0.25, 0.3) is 0 Å². The summed E-state index contributed by atoms with van der Waals surface area (Å²) in [6.07, 6.45) is 2.74. The van der Waals surface area contributed by atoms with Gasteiger partial charge in [0, 0.05) is 31.1 Å². The average Bonchev–Trinajstić information content (AvgIpc) is 2.80. The van der Waals surface area contributed by atoms with E-state index in [1.165, 1.54) is 5.69 Å². The molecule has 1 atom stereocenters. The van der Waals surface area contributed by atoms with Crippen LogP contribution in [0.4, 0.5) is 5.69 Å². The molecule has 0 radical (unpaired) electrons. The molecule has 1 aliphatic rings. The molecule has 0 bridgehead atoms. The molecule has 1 aliphatic heterocycles. The molecule has 0 N–H and O–H groups in total. The van der Waals surface area contributed by atoms with E-state index >= 15 is 0 Å². The molecule has 1 fully saturated rings. The molecule has 1 aromatic rings. The normalized spacial score (nSPS) is 20.1. The SMILES string of the molecule is CCCC(=O)C1CCN(c2ccccc2)C1. The number of carbonyl (C=O) groups is 1. The Morgan fingerprint density at radius 1 is 1.38 bits per heavy atom. The summed E-state index contributed by atoms with van der Waals surface area (Å²) in [4.78, 5) is 14.1. The molecule has 0 amide bonds. The Labute approximate surface area is 97.3 Å². The van der Waals surface area contributed by atoms with Crippen LogP contribution in [0.1, 0.15) is 26.2 Å². The van der Waals surface area contributed by atoms with Crippen molar-refractivity contribution in [1.82, 2.24) is 0 Å². The molecule has 0 aliphatic carbocycles. The van der Waals surface area contributed by atoms with E-state index in [2.05, 4.69) is 36.1 Å². The number of carbonyl (C=O) groups excluding carboxylic acids is 1. The fourth-order valence-corrected chi connectivity index (χ4v) is 2.35. The zero-order valence-electron chi connectivity index (χ0n) is 9.86. The standard InChI is InChI=1S/C14H19NO/c1-2-6-14(16)12-9-10-15(11-12)13-7-4-3-5-8-13/h3-5,7-8,12H,2,6,9-11H2,1H3. The van der Waals surface area contributed by atoms with E-state index in [9.17, 15) is 4.79 Å². The third-order valence-electron chi connectivity index (χ3n) is 3.26. The van der Waals surface area contributed by atoms with E-state index in [-0.39, 0.29) is 5.92 Å².